The van der Waals surface area contributed by atoms with Crippen LogP contribution in [-0.2, 0) is 22.6 Å². The van der Waals surface area contributed by atoms with E-state index in [-0.39, 0.29) is 17.9 Å². The monoisotopic (exact) mass is 374 g/mol. The van der Waals surface area contributed by atoms with Crippen LogP contribution >= 0.6 is 0 Å². The normalized spacial score (nSPS) is 16.5. The van der Waals surface area contributed by atoms with Crippen LogP contribution in [-0.4, -0.2) is 36.4 Å². The van der Waals surface area contributed by atoms with Crippen molar-refractivity contribution >= 4 is 11.8 Å². The van der Waals surface area contributed by atoms with Gasteiger partial charge in [-0.25, -0.2) is 8.78 Å². The van der Waals surface area contributed by atoms with Crippen molar-refractivity contribution in [3.8, 4) is 5.75 Å². The fourth-order valence-electron chi connectivity index (χ4n) is 3.08. The predicted octanol–water partition coefficient (Wildman–Crippen LogP) is 2.43. The summed E-state index contributed by atoms with van der Waals surface area (Å²) >= 11 is 0. The number of ether oxygens (including phenoxy) is 1. The number of rotatable bonds is 6. The van der Waals surface area contributed by atoms with Crippen molar-refractivity contribution in [1.82, 2.24) is 10.2 Å². The van der Waals surface area contributed by atoms with Crippen molar-refractivity contribution in [2.24, 2.45) is 0 Å². The molecule has 1 atom stereocenters. The van der Waals surface area contributed by atoms with Crippen LogP contribution in [0.15, 0.2) is 42.5 Å². The molecule has 142 valence electrons. The summed E-state index contributed by atoms with van der Waals surface area (Å²) in [5.41, 5.74) is 0.922. The number of benzene rings is 2. The molecule has 0 saturated carbocycles. The number of halogens is 2. The van der Waals surface area contributed by atoms with Crippen molar-refractivity contribution in [2.75, 3.05) is 13.7 Å². The molecule has 7 heteroatoms. The molecule has 0 spiro atoms. The topological polar surface area (TPSA) is 58.6 Å². The molecule has 0 bridgehead atoms. The number of amides is 2. The van der Waals surface area contributed by atoms with E-state index in [9.17, 15) is 18.4 Å². The molecule has 2 aromatic rings. The number of carbonyl (C=O) groups is 2. The van der Waals surface area contributed by atoms with E-state index >= 15 is 0 Å². The number of carbonyl (C=O) groups excluding carboxylic acids is 2. The maximum absolute atomic E-state index is 13.7. The van der Waals surface area contributed by atoms with E-state index in [2.05, 4.69) is 5.32 Å². The summed E-state index contributed by atoms with van der Waals surface area (Å²) in [5, 5.41) is 2.62. The van der Waals surface area contributed by atoms with Crippen molar-refractivity contribution < 1.29 is 23.1 Å². The quantitative estimate of drug-likeness (QED) is 0.845. The molecule has 2 aromatic carbocycles. The number of methoxy groups -OCH3 is 1. The summed E-state index contributed by atoms with van der Waals surface area (Å²) < 4.78 is 32.0. The van der Waals surface area contributed by atoms with E-state index in [0.717, 1.165) is 17.4 Å². The third-order valence-corrected chi connectivity index (χ3v) is 4.55. The molecule has 3 rings (SSSR count). The lowest BCUT2D eigenvalue weighted by Gasteiger charge is -2.17. The smallest absolute Gasteiger partial charge is 0.245 e. The van der Waals surface area contributed by atoms with E-state index in [1.165, 1.54) is 12.1 Å². The van der Waals surface area contributed by atoms with Gasteiger partial charge in [0.15, 0.2) is 11.6 Å². The molecule has 1 aliphatic heterocycles. The van der Waals surface area contributed by atoms with E-state index in [1.807, 2.05) is 24.3 Å². The second kappa shape index (κ2) is 8.16. The molecule has 2 amide bonds. The Morgan fingerprint density at radius 3 is 2.67 bits per heavy atom. The van der Waals surface area contributed by atoms with Gasteiger partial charge in [-0.2, -0.15) is 0 Å². The minimum Gasteiger partial charge on any atom is -0.497 e. The van der Waals surface area contributed by atoms with Gasteiger partial charge in [-0.15, -0.1) is 0 Å². The molecular formula is C20H20F2N2O3. The molecule has 0 radical (unpaired) electrons. The first kappa shape index (κ1) is 18.8. The summed E-state index contributed by atoms with van der Waals surface area (Å²) in [6.45, 7) is 0.956. The van der Waals surface area contributed by atoms with Gasteiger partial charge in [-0.05, 0) is 30.2 Å². The maximum Gasteiger partial charge on any atom is 0.245 e. The first-order chi connectivity index (χ1) is 13.0. The van der Waals surface area contributed by atoms with Gasteiger partial charge >= 0.3 is 0 Å². The van der Waals surface area contributed by atoms with Crippen LogP contribution in [0.1, 0.15) is 17.5 Å². The number of nitrogens with zero attached hydrogens (tertiary/aromatic N) is 1. The third-order valence-electron chi connectivity index (χ3n) is 4.55. The maximum atomic E-state index is 13.7. The lowest BCUT2D eigenvalue weighted by atomic mass is 10.1. The van der Waals surface area contributed by atoms with Crippen LogP contribution in [0.5, 0.6) is 5.75 Å². The molecule has 27 heavy (non-hydrogen) atoms. The highest BCUT2D eigenvalue weighted by molar-refractivity contribution is 5.89. The van der Waals surface area contributed by atoms with Crippen LogP contribution in [0.2, 0.25) is 0 Å². The lowest BCUT2D eigenvalue weighted by Crippen LogP contribution is -2.42. The molecule has 1 heterocycles. The Hall–Kier alpha value is -2.96. The third kappa shape index (κ3) is 4.42. The molecule has 1 fully saturated rings. The molecule has 1 saturated heterocycles. The van der Waals surface area contributed by atoms with Crippen LogP contribution in [0.25, 0.3) is 0 Å². The Bertz CT molecular complexity index is 840. The highest BCUT2D eigenvalue weighted by Gasteiger charge is 2.32. The number of hydrogen-bond donors (Lipinski definition) is 1. The van der Waals surface area contributed by atoms with Gasteiger partial charge in [-0.1, -0.05) is 24.3 Å². The first-order valence-corrected chi connectivity index (χ1v) is 8.62. The zero-order valence-electron chi connectivity index (χ0n) is 14.9. The second-order valence-electron chi connectivity index (χ2n) is 6.41. The van der Waals surface area contributed by atoms with Gasteiger partial charge in [0.05, 0.1) is 13.5 Å². The second-order valence-corrected chi connectivity index (χ2v) is 6.41. The predicted molar refractivity (Wildman–Crippen MR) is 95.0 cm³/mol. The Kier molecular flexibility index (Phi) is 5.69. The van der Waals surface area contributed by atoms with Crippen molar-refractivity contribution in [2.45, 2.75) is 25.4 Å². The van der Waals surface area contributed by atoms with Gasteiger partial charge < -0.3 is 15.0 Å². The lowest BCUT2D eigenvalue weighted by molar-refractivity contribution is -0.132. The Morgan fingerprint density at radius 2 is 1.96 bits per heavy atom. The Morgan fingerprint density at radius 1 is 1.22 bits per heavy atom. The van der Waals surface area contributed by atoms with Crippen molar-refractivity contribution in [1.29, 1.82) is 0 Å². The largest absolute Gasteiger partial charge is 0.497 e. The van der Waals surface area contributed by atoms with E-state index < -0.39 is 23.6 Å². The minimum absolute atomic E-state index is 0.0342. The number of nitrogens with one attached hydrogen (secondary N) is 1. The van der Waals surface area contributed by atoms with Crippen LogP contribution in [0.3, 0.4) is 0 Å². The van der Waals surface area contributed by atoms with Gasteiger partial charge in [0.2, 0.25) is 11.8 Å². The average Bonchev–Trinajstić information content (AvgIpc) is 2.99. The van der Waals surface area contributed by atoms with E-state index in [1.54, 1.807) is 12.0 Å². The number of likely N-dealkylation sites (tertiary alicyclic amines) is 1. The summed E-state index contributed by atoms with van der Waals surface area (Å²) in [7, 11) is 1.59. The molecule has 1 unspecified atom stereocenters. The Balaban J connectivity index is 1.56. The molecule has 0 aromatic heterocycles. The molecule has 1 N–H and O–H groups in total. The van der Waals surface area contributed by atoms with Gasteiger partial charge in [0, 0.05) is 18.7 Å². The van der Waals surface area contributed by atoms with Gasteiger partial charge in [-0.3, -0.25) is 9.59 Å². The van der Waals surface area contributed by atoms with Crippen molar-refractivity contribution in [3.63, 3.8) is 0 Å². The zero-order valence-corrected chi connectivity index (χ0v) is 14.9. The summed E-state index contributed by atoms with van der Waals surface area (Å²) in [5.74, 6) is -1.99. The van der Waals surface area contributed by atoms with Gasteiger partial charge in [0.1, 0.15) is 11.8 Å². The van der Waals surface area contributed by atoms with E-state index in [4.69, 9.17) is 4.74 Å². The van der Waals surface area contributed by atoms with Crippen LogP contribution in [0.4, 0.5) is 8.78 Å². The minimum atomic E-state index is -1.04. The average molecular weight is 374 g/mol. The molecule has 5 nitrogen and oxygen atoms in total. The fraction of sp³-hybridized carbons (Fsp3) is 0.300. The Labute approximate surface area is 155 Å². The summed E-state index contributed by atoms with van der Waals surface area (Å²) in [6.07, 6.45) is 0.165. The SMILES string of the molecule is COc1ccc(CN2CCC(NC(=O)Cc3cccc(F)c3F)C2=O)cc1. The molecule has 0 aliphatic carbocycles. The standard InChI is InChI=1S/C20H20F2N2O3/c1-27-15-7-5-13(6-8-15)12-24-10-9-17(20(24)26)23-18(25)11-14-3-2-4-16(21)19(14)22/h2-8,17H,9-12H2,1H3,(H,23,25). The number of hydrogen-bond acceptors (Lipinski definition) is 3. The highest BCUT2D eigenvalue weighted by atomic mass is 19.2. The molecular weight excluding hydrogens is 354 g/mol. The van der Waals surface area contributed by atoms with Gasteiger partial charge in [0.25, 0.3) is 0 Å². The first-order valence-electron chi connectivity index (χ1n) is 8.62. The summed E-state index contributed by atoms with van der Waals surface area (Å²) in [4.78, 5) is 26.3. The van der Waals surface area contributed by atoms with Crippen LogP contribution in [0, 0.1) is 11.6 Å². The van der Waals surface area contributed by atoms with Crippen LogP contribution < -0.4 is 10.1 Å². The zero-order chi connectivity index (χ0) is 19.4. The summed E-state index contributed by atoms with van der Waals surface area (Å²) in [6, 6.07) is 10.4. The van der Waals surface area contributed by atoms with Crippen molar-refractivity contribution in [3.05, 3.63) is 65.2 Å². The highest BCUT2D eigenvalue weighted by Crippen LogP contribution is 2.18. The van der Waals surface area contributed by atoms with E-state index in [0.29, 0.717) is 19.5 Å². The molecule has 1 aliphatic rings. The fourth-order valence-corrected chi connectivity index (χ4v) is 3.08.